The Hall–Kier alpha value is -12.4. The Morgan fingerprint density at radius 2 is 0.495 bits per heavy atom. The smallest absolute Gasteiger partial charge is 0.252 e. The van der Waals surface area contributed by atoms with Crippen LogP contribution in [-0.4, -0.2) is 6.71 Å². The molecule has 0 saturated heterocycles. The lowest BCUT2D eigenvalue weighted by Crippen LogP contribution is -2.61. The minimum absolute atomic E-state index is 0.131. The molecular weight excluding hydrogens is 1150 g/mol. The van der Waals surface area contributed by atoms with Crippen molar-refractivity contribution < 1.29 is 8.83 Å². The summed E-state index contributed by atoms with van der Waals surface area (Å²) in [5, 5.41) is 4.39. The maximum atomic E-state index is 6.44. The highest BCUT2D eigenvalue weighted by atomic mass is 16.3. The summed E-state index contributed by atoms with van der Waals surface area (Å²) in [7, 11) is 0. The molecule has 0 fully saturated rings. The largest absolute Gasteiger partial charge is 0.456 e. The topological polar surface area (TPSA) is 32.8 Å². The van der Waals surface area contributed by atoms with Crippen LogP contribution in [0.5, 0.6) is 0 Å². The van der Waals surface area contributed by atoms with Gasteiger partial charge in [-0.1, -0.05) is 285 Å². The fraction of sp³-hybridized carbons (Fsp3) is 0. The van der Waals surface area contributed by atoms with E-state index in [0.29, 0.717) is 0 Å². The highest BCUT2D eigenvalue weighted by Gasteiger charge is 2.45. The molecule has 17 aromatic rings. The summed E-state index contributed by atoms with van der Waals surface area (Å²) in [6, 6.07) is 127. The van der Waals surface area contributed by atoms with E-state index < -0.39 is 0 Å². The molecule has 2 aliphatic rings. The molecule has 0 atom stereocenters. The molecule has 2 aromatic heterocycles. The van der Waals surface area contributed by atoms with Crippen molar-refractivity contribution in [1.29, 1.82) is 0 Å². The first-order valence-electron chi connectivity index (χ1n) is 32.7. The van der Waals surface area contributed by atoms with Gasteiger partial charge in [0, 0.05) is 66.5 Å². The molecule has 5 heteroatoms. The fourth-order valence-electron chi connectivity index (χ4n) is 15.7. The molecule has 0 radical (unpaired) electrons. The van der Waals surface area contributed by atoms with Crippen molar-refractivity contribution in [3.8, 4) is 89.0 Å². The van der Waals surface area contributed by atoms with Crippen molar-refractivity contribution in [2.24, 2.45) is 0 Å². The Bertz CT molecular complexity index is 5550. The summed E-state index contributed by atoms with van der Waals surface area (Å²) in [4.78, 5) is 5.24. The van der Waals surface area contributed by atoms with Gasteiger partial charge < -0.3 is 18.6 Å². The third-order valence-corrected chi connectivity index (χ3v) is 19.7. The number of hydrogen-bond donors (Lipinski definition) is 0. The van der Waals surface area contributed by atoms with Crippen LogP contribution < -0.4 is 26.2 Å². The van der Waals surface area contributed by atoms with Crippen LogP contribution in [0, 0.1) is 0 Å². The SMILES string of the molecule is c1ccc(-c2ccccc2-c2cccc(-c3ccccc3-c3ccc4oc5ccccc5c4c3)c2N2c3ccccc3B3c4ccccc4N(c4c(-c5ccccc5-c5ccccc5)cccc4-c4ccccc4-c4ccc5oc6ccccc6c5c4)c4cccc2c43)cc1. The van der Waals surface area contributed by atoms with Crippen molar-refractivity contribution in [3.05, 3.63) is 346 Å². The molecule has 0 amide bonds. The number of fused-ring (bicyclic) bond motifs is 10. The normalized spacial score (nSPS) is 12.4. The highest BCUT2D eigenvalue weighted by Crippen LogP contribution is 2.55. The van der Waals surface area contributed by atoms with Crippen molar-refractivity contribution in [2.45, 2.75) is 0 Å². The fourth-order valence-corrected chi connectivity index (χ4v) is 15.7. The molecule has 442 valence electrons. The Labute approximate surface area is 551 Å². The van der Waals surface area contributed by atoms with E-state index in [1.54, 1.807) is 0 Å². The Morgan fingerprint density at radius 3 is 0.905 bits per heavy atom. The summed E-state index contributed by atoms with van der Waals surface area (Å²) in [5.74, 6) is 0. The Kier molecular flexibility index (Phi) is 12.7. The van der Waals surface area contributed by atoms with Gasteiger partial charge in [0.25, 0.3) is 6.71 Å². The first-order valence-corrected chi connectivity index (χ1v) is 32.7. The quantitative estimate of drug-likeness (QED) is 0.128. The molecule has 0 aliphatic carbocycles. The van der Waals surface area contributed by atoms with Crippen LogP contribution in [0.3, 0.4) is 0 Å². The van der Waals surface area contributed by atoms with Crippen LogP contribution in [0.15, 0.2) is 355 Å². The minimum Gasteiger partial charge on any atom is -0.456 e. The van der Waals surface area contributed by atoms with Crippen LogP contribution in [0.4, 0.5) is 34.1 Å². The first kappa shape index (κ1) is 54.3. The van der Waals surface area contributed by atoms with Gasteiger partial charge in [-0.2, -0.15) is 0 Å². The Morgan fingerprint density at radius 1 is 0.200 bits per heavy atom. The zero-order valence-corrected chi connectivity index (χ0v) is 51.7. The van der Waals surface area contributed by atoms with E-state index >= 15 is 0 Å². The van der Waals surface area contributed by atoms with Gasteiger partial charge in [-0.3, -0.25) is 0 Å². The van der Waals surface area contributed by atoms with Gasteiger partial charge in [-0.05, 0) is 144 Å². The number of furan rings is 2. The van der Waals surface area contributed by atoms with Gasteiger partial charge in [-0.15, -0.1) is 0 Å². The predicted octanol–water partition coefficient (Wildman–Crippen LogP) is 22.9. The lowest BCUT2D eigenvalue weighted by atomic mass is 9.33. The minimum atomic E-state index is -0.131. The van der Waals surface area contributed by atoms with Gasteiger partial charge >= 0.3 is 0 Å². The van der Waals surface area contributed by atoms with Crippen molar-refractivity contribution in [1.82, 2.24) is 0 Å². The second-order valence-electron chi connectivity index (χ2n) is 24.9. The number of benzene rings is 15. The number of anilines is 6. The van der Waals surface area contributed by atoms with Crippen molar-refractivity contribution in [3.63, 3.8) is 0 Å². The maximum absolute atomic E-state index is 6.44. The molecule has 0 unspecified atom stereocenters. The van der Waals surface area contributed by atoms with Gasteiger partial charge in [0.2, 0.25) is 0 Å². The summed E-state index contributed by atoms with van der Waals surface area (Å²) in [6.07, 6.45) is 0. The first-order chi connectivity index (χ1) is 47.2. The molecule has 4 heterocycles. The molecule has 15 aromatic carbocycles. The predicted molar refractivity (Wildman–Crippen MR) is 399 cm³/mol. The molecule has 95 heavy (non-hydrogen) atoms. The van der Waals surface area contributed by atoms with E-state index in [1.807, 2.05) is 12.1 Å². The molecule has 0 N–H and O–H groups in total. The number of para-hydroxylation sites is 6. The van der Waals surface area contributed by atoms with E-state index in [4.69, 9.17) is 8.83 Å². The van der Waals surface area contributed by atoms with Crippen LogP contribution >= 0.6 is 0 Å². The second kappa shape index (κ2) is 22.2. The molecule has 2 aliphatic heterocycles. The monoisotopic (exact) mass is 1210 g/mol. The van der Waals surface area contributed by atoms with E-state index in [9.17, 15) is 0 Å². The van der Waals surface area contributed by atoms with Crippen molar-refractivity contribution >= 4 is 101 Å². The molecule has 19 rings (SSSR count). The lowest BCUT2D eigenvalue weighted by Gasteiger charge is -2.45. The average molecular weight is 1210 g/mol. The summed E-state index contributed by atoms with van der Waals surface area (Å²) in [5.41, 5.74) is 32.0. The molecule has 0 spiro atoms. The zero-order chi connectivity index (χ0) is 62.5. The molecule has 0 saturated carbocycles. The lowest BCUT2D eigenvalue weighted by molar-refractivity contribution is 0.668. The summed E-state index contributed by atoms with van der Waals surface area (Å²) in [6.45, 7) is -0.131. The summed E-state index contributed by atoms with van der Waals surface area (Å²) >= 11 is 0. The second-order valence-corrected chi connectivity index (χ2v) is 24.9. The van der Waals surface area contributed by atoms with Gasteiger partial charge in [0.15, 0.2) is 0 Å². The van der Waals surface area contributed by atoms with Gasteiger partial charge in [0.05, 0.1) is 11.4 Å². The van der Waals surface area contributed by atoms with Gasteiger partial charge in [0.1, 0.15) is 22.3 Å². The third-order valence-electron chi connectivity index (χ3n) is 19.7. The van der Waals surface area contributed by atoms with E-state index in [1.165, 1.54) is 16.4 Å². The highest BCUT2D eigenvalue weighted by molar-refractivity contribution is 7.00. The number of rotatable bonds is 10. The van der Waals surface area contributed by atoms with Crippen LogP contribution in [0.2, 0.25) is 0 Å². The van der Waals surface area contributed by atoms with E-state index in [-0.39, 0.29) is 6.71 Å². The zero-order valence-electron chi connectivity index (χ0n) is 51.7. The molecule has 0 bridgehead atoms. The molecule has 4 nitrogen and oxygen atoms in total. The van der Waals surface area contributed by atoms with Crippen LogP contribution in [0.25, 0.3) is 133 Å². The Balaban J connectivity index is 0.891. The standard InChI is InChI=1S/C90H57BN2O2/c1-3-26-58(27-4-1)62-30-7-11-34-66(62)72-40-23-42-74(68-36-13-9-32-64(68)60-52-54-86-76(56-60)70-38-15-21-50-84(70)94-86)89(72)92-80-46-19-17-44-78(80)91-79-45-18-20-47-81(79)93(83-49-25-48-82(92)88(83)91)90-73(67-35-12-8-31-63(67)59-28-5-2-6-29-59)41-24-43-75(90)69-37-14-10-33-65(69)61-53-55-87-77(57-61)71-39-16-22-51-85(71)95-87/h1-57H. The average Bonchev–Trinajstić information content (AvgIpc) is 1.39. The molecular formula is C90H57BN2O2. The van der Waals surface area contributed by atoms with E-state index in [0.717, 1.165) is 167 Å². The number of hydrogen-bond acceptors (Lipinski definition) is 4. The summed E-state index contributed by atoms with van der Waals surface area (Å²) < 4.78 is 12.9. The van der Waals surface area contributed by atoms with Crippen LogP contribution in [-0.2, 0) is 0 Å². The van der Waals surface area contributed by atoms with Crippen molar-refractivity contribution in [2.75, 3.05) is 9.80 Å². The maximum Gasteiger partial charge on any atom is 0.252 e. The van der Waals surface area contributed by atoms with Gasteiger partial charge in [-0.25, -0.2) is 0 Å². The number of nitrogens with zero attached hydrogens (tertiary/aromatic N) is 2. The van der Waals surface area contributed by atoms with Crippen LogP contribution in [0.1, 0.15) is 0 Å². The van der Waals surface area contributed by atoms with E-state index in [2.05, 4.69) is 343 Å². The third kappa shape index (κ3) is 8.70.